The average molecular weight is 446 g/mol. The van der Waals surface area contributed by atoms with Gasteiger partial charge in [-0.3, -0.25) is 0 Å². The third-order valence-electron chi connectivity index (χ3n) is 5.99. The van der Waals surface area contributed by atoms with E-state index in [9.17, 15) is 5.11 Å². The smallest absolute Gasteiger partial charge is 0.150 e. The summed E-state index contributed by atoms with van der Waals surface area (Å²) < 4.78 is 9.87. The van der Waals surface area contributed by atoms with Crippen LogP contribution in [0.1, 0.15) is 47.7 Å². The first-order chi connectivity index (χ1) is 15.7. The van der Waals surface area contributed by atoms with Crippen LogP contribution in [0.25, 0.3) is 27.1 Å². The van der Waals surface area contributed by atoms with Crippen LogP contribution in [-0.4, -0.2) is 35.9 Å². The fourth-order valence-electron chi connectivity index (χ4n) is 4.34. The Morgan fingerprint density at radius 2 is 2.09 bits per heavy atom. The summed E-state index contributed by atoms with van der Waals surface area (Å²) in [6.07, 6.45) is 9.93. The molecule has 162 valence electrons. The Morgan fingerprint density at radius 1 is 1.16 bits per heavy atom. The second-order valence-corrected chi connectivity index (χ2v) is 9.32. The number of pyridine rings is 1. The Bertz CT molecular complexity index is 1410. The standard InChI is InChI=1S/C24H23N5O2S/c1-15-8-9-21-27-18(14-28(21)13-15)23(30)20-12-25-24(32-20)16-5-4-6-19-17(16)11-26-29(19)22-7-2-3-10-31-22/h4-6,8-9,11-14,22-23,30H,2-3,7,10H2,1H3. The molecule has 1 saturated heterocycles. The van der Waals surface area contributed by atoms with Crippen LogP contribution in [0.15, 0.2) is 55.1 Å². The lowest BCUT2D eigenvalue weighted by Crippen LogP contribution is -2.18. The van der Waals surface area contributed by atoms with Crippen molar-refractivity contribution in [3.05, 3.63) is 71.3 Å². The van der Waals surface area contributed by atoms with E-state index in [4.69, 9.17) is 4.74 Å². The quantitative estimate of drug-likeness (QED) is 0.426. The number of benzene rings is 1. The van der Waals surface area contributed by atoms with E-state index in [1.807, 2.05) is 52.8 Å². The first-order valence-corrected chi connectivity index (χ1v) is 11.7. The molecule has 1 aromatic carbocycles. The molecule has 0 aliphatic carbocycles. The van der Waals surface area contributed by atoms with Crippen molar-refractivity contribution in [3.63, 3.8) is 0 Å². The van der Waals surface area contributed by atoms with Gasteiger partial charge >= 0.3 is 0 Å². The van der Waals surface area contributed by atoms with Crippen LogP contribution in [-0.2, 0) is 4.74 Å². The lowest BCUT2D eigenvalue weighted by Gasteiger charge is -2.23. The van der Waals surface area contributed by atoms with Crippen LogP contribution in [0.3, 0.4) is 0 Å². The number of aliphatic hydroxyl groups excluding tert-OH is 1. The van der Waals surface area contributed by atoms with E-state index in [1.54, 1.807) is 6.20 Å². The number of imidazole rings is 1. The molecule has 2 unspecified atom stereocenters. The highest BCUT2D eigenvalue weighted by Gasteiger charge is 2.22. The van der Waals surface area contributed by atoms with Crippen molar-refractivity contribution < 1.29 is 9.84 Å². The third kappa shape index (κ3) is 3.31. The number of nitrogens with zero attached hydrogens (tertiary/aromatic N) is 5. The molecule has 0 bridgehead atoms. The molecule has 4 aromatic heterocycles. The predicted octanol–water partition coefficient (Wildman–Crippen LogP) is 4.90. The summed E-state index contributed by atoms with van der Waals surface area (Å²) in [5.41, 5.74) is 4.63. The zero-order valence-electron chi connectivity index (χ0n) is 17.7. The molecule has 0 spiro atoms. The normalized spacial score (nSPS) is 17.9. The third-order valence-corrected chi connectivity index (χ3v) is 7.07. The van der Waals surface area contributed by atoms with Gasteiger partial charge in [0.2, 0.25) is 0 Å². The summed E-state index contributed by atoms with van der Waals surface area (Å²) in [6, 6.07) is 10.1. The number of ether oxygens (including phenoxy) is 1. The molecule has 8 heteroatoms. The maximum atomic E-state index is 11.0. The number of aliphatic hydroxyl groups is 1. The highest BCUT2D eigenvalue weighted by atomic mass is 32.1. The molecule has 7 nitrogen and oxygen atoms in total. The molecule has 6 rings (SSSR count). The molecular formula is C24H23N5O2S. The molecule has 32 heavy (non-hydrogen) atoms. The Hall–Kier alpha value is -3.07. The second-order valence-electron chi connectivity index (χ2n) is 8.26. The minimum absolute atomic E-state index is 0.0103. The van der Waals surface area contributed by atoms with E-state index in [1.165, 1.54) is 11.3 Å². The summed E-state index contributed by atoms with van der Waals surface area (Å²) in [4.78, 5) is 9.97. The van der Waals surface area contributed by atoms with E-state index in [0.717, 1.165) is 63.4 Å². The van der Waals surface area contributed by atoms with Gasteiger partial charge in [0.05, 0.1) is 22.3 Å². The molecule has 2 atom stereocenters. The van der Waals surface area contributed by atoms with Crippen molar-refractivity contribution in [1.29, 1.82) is 0 Å². The van der Waals surface area contributed by atoms with E-state index >= 15 is 0 Å². The van der Waals surface area contributed by atoms with Crippen LogP contribution in [0.4, 0.5) is 0 Å². The van der Waals surface area contributed by atoms with Gasteiger partial charge in [-0.25, -0.2) is 14.6 Å². The SMILES string of the molecule is Cc1ccc2nc(C(O)c3cnc(-c4cccc5c4cnn5C4CCCCO4)s3)cn2c1. The Balaban J connectivity index is 1.34. The lowest BCUT2D eigenvalue weighted by molar-refractivity contribution is -0.0366. The number of hydrogen-bond donors (Lipinski definition) is 1. The monoisotopic (exact) mass is 445 g/mol. The summed E-state index contributed by atoms with van der Waals surface area (Å²) in [5, 5.41) is 17.5. The predicted molar refractivity (Wildman–Crippen MR) is 124 cm³/mol. The minimum Gasteiger partial charge on any atom is -0.381 e. The number of fused-ring (bicyclic) bond motifs is 2. The maximum absolute atomic E-state index is 11.0. The molecule has 0 radical (unpaired) electrons. The number of thiazole rings is 1. The van der Waals surface area contributed by atoms with Crippen LogP contribution in [0.2, 0.25) is 0 Å². The minimum atomic E-state index is -0.820. The molecule has 1 N–H and O–H groups in total. The van der Waals surface area contributed by atoms with Crippen molar-refractivity contribution >= 4 is 27.9 Å². The highest BCUT2D eigenvalue weighted by molar-refractivity contribution is 7.15. The summed E-state index contributed by atoms with van der Waals surface area (Å²) in [6.45, 7) is 2.82. The first-order valence-electron chi connectivity index (χ1n) is 10.8. The van der Waals surface area contributed by atoms with Crippen molar-refractivity contribution in [1.82, 2.24) is 24.1 Å². The van der Waals surface area contributed by atoms with Gasteiger partial charge < -0.3 is 14.2 Å². The van der Waals surface area contributed by atoms with Crippen molar-refractivity contribution in [2.75, 3.05) is 6.61 Å². The summed E-state index contributed by atoms with van der Waals surface area (Å²) in [5.74, 6) is 0. The Kier molecular flexibility index (Phi) is 4.78. The molecule has 1 aliphatic heterocycles. The van der Waals surface area contributed by atoms with E-state index in [0.29, 0.717) is 5.69 Å². The molecule has 5 heterocycles. The molecule has 1 aliphatic rings. The zero-order valence-corrected chi connectivity index (χ0v) is 18.5. The van der Waals surface area contributed by atoms with Gasteiger partial charge in [-0.05, 0) is 43.9 Å². The molecule has 1 fully saturated rings. The Morgan fingerprint density at radius 3 is 2.97 bits per heavy atom. The number of rotatable bonds is 4. The molecular weight excluding hydrogens is 422 g/mol. The van der Waals surface area contributed by atoms with Crippen LogP contribution >= 0.6 is 11.3 Å². The van der Waals surface area contributed by atoms with E-state index in [2.05, 4.69) is 27.2 Å². The first kappa shape index (κ1) is 19.6. The maximum Gasteiger partial charge on any atom is 0.150 e. The zero-order chi connectivity index (χ0) is 21.7. The van der Waals surface area contributed by atoms with Gasteiger partial charge in [-0.1, -0.05) is 18.2 Å². The highest BCUT2D eigenvalue weighted by Crippen LogP contribution is 2.36. The lowest BCUT2D eigenvalue weighted by atomic mass is 10.1. The molecule has 0 saturated carbocycles. The van der Waals surface area contributed by atoms with E-state index in [-0.39, 0.29) is 6.23 Å². The molecule has 5 aromatic rings. The summed E-state index contributed by atoms with van der Waals surface area (Å²) >= 11 is 1.48. The van der Waals surface area contributed by atoms with Crippen molar-refractivity contribution in [2.24, 2.45) is 0 Å². The van der Waals surface area contributed by atoms with Crippen LogP contribution in [0.5, 0.6) is 0 Å². The fourth-order valence-corrected chi connectivity index (χ4v) is 5.30. The fraction of sp³-hybridized carbons (Fsp3) is 0.292. The van der Waals surface area contributed by atoms with Gasteiger partial charge in [0.15, 0.2) is 6.23 Å². The van der Waals surface area contributed by atoms with Gasteiger partial charge in [-0.15, -0.1) is 11.3 Å². The van der Waals surface area contributed by atoms with Crippen molar-refractivity contribution in [2.45, 2.75) is 38.5 Å². The van der Waals surface area contributed by atoms with Gasteiger partial charge in [-0.2, -0.15) is 5.10 Å². The number of aryl methyl sites for hydroxylation is 1. The summed E-state index contributed by atoms with van der Waals surface area (Å²) in [7, 11) is 0. The second kappa shape index (κ2) is 7.81. The largest absolute Gasteiger partial charge is 0.381 e. The number of aromatic nitrogens is 5. The molecule has 0 amide bonds. The number of hydrogen-bond acceptors (Lipinski definition) is 6. The Labute approximate surface area is 188 Å². The van der Waals surface area contributed by atoms with Crippen molar-refractivity contribution in [3.8, 4) is 10.6 Å². The van der Waals surface area contributed by atoms with Gasteiger partial charge in [0.25, 0.3) is 0 Å². The van der Waals surface area contributed by atoms with Crippen LogP contribution < -0.4 is 0 Å². The van der Waals surface area contributed by atoms with Gasteiger partial charge in [0, 0.05) is 36.1 Å². The van der Waals surface area contributed by atoms with E-state index < -0.39 is 6.10 Å². The average Bonchev–Trinajstić information content (AvgIpc) is 3.56. The van der Waals surface area contributed by atoms with Crippen LogP contribution in [0, 0.1) is 6.92 Å². The van der Waals surface area contributed by atoms with Gasteiger partial charge in [0.1, 0.15) is 16.8 Å². The topological polar surface area (TPSA) is 77.5 Å².